The van der Waals surface area contributed by atoms with Gasteiger partial charge in [-0.3, -0.25) is 9.59 Å². The molecular weight excluding hydrogens is 224 g/mol. The molecule has 0 aliphatic rings. The zero-order chi connectivity index (χ0) is 13.3. The third kappa shape index (κ3) is 10.5. The first-order valence-corrected chi connectivity index (χ1v) is 5.22. The van der Waals surface area contributed by atoms with Crippen molar-refractivity contribution in [2.45, 2.75) is 26.7 Å². The second-order valence-corrected chi connectivity index (χ2v) is 3.36. The van der Waals surface area contributed by atoms with Gasteiger partial charge in [-0.1, -0.05) is 13.2 Å². The average Bonchev–Trinajstić information content (AvgIpc) is 2.15. The second kappa shape index (κ2) is 8.38. The summed E-state index contributed by atoms with van der Waals surface area (Å²) in [6.45, 7) is 10.4. The predicted octanol–water partition coefficient (Wildman–Crippen LogP) is 1.94. The van der Waals surface area contributed by atoms with Crippen LogP contribution >= 0.6 is 0 Å². The molecule has 0 bridgehead atoms. The molecule has 0 fully saturated rings. The van der Waals surface area contributed by atoms with Crippen molar-refractivity contribution in [2.75, 3.05) is 13.2 Å². The summed E-state index contributed by atoms with van der Waals surface area (Å²) in [6, 6.07) is 0. The Hall–Kier alpha value is -1.78. The van der Waals surface area contributed by atoms with Crippen LogP contribution < -0.4 is 0 Å². The van der Waals surface area contributed by atoms with E-state index >= 15 is 0 Å². The van der Waals surface area contributed by atoms with Crippen LogP contribution in [0.3, 0.4) is 0 Å². The van der Waals surface area contributed by atoms with Crippen LogP contribution in [0.1, 0.15) is 26.7 Å². The summed E-state index contributed by atoms with van der Waals surface area (Å²) < 4.78 is 14.7. The molecule has 0 aliphatic heterocycles. The quantitative estimate of drug-likeness (QED) is 0.481. The molecule has 0 aliphatic carbocycles. The number of rotatable bonds is 8. The van der Waals surface area contributed by atoms with E-state index < -0.39 is 0 Å². The lowest BCUT2D eigenvalue weighted by Crippen LogP contribution is -2.05. The van der Waals surface area contributed by atoms with Crippen LogP contribution in [0.4, 0.5) is 0 Å². The number of hydrogen-bond acceptors (Lipinski definition) is 5. The standard InChI is InChI=1S/C12H18O5/c1-9(5-7-15-11(3)13)17-10(2)6-8-16-12(4)14/h1-2,5-8H2,3-4H3. The van der Waals surface area contributed by atoms with Crippen LogP contribution in [0.25, 0.3) is 0 Å². The summed E-state index contributed by atoms with van der Waals surface area (Å²) in [5.41, 5.74) is 0. The maximum absolute atomic E-state index is 10.5. The Morgan fingerprint density at radius 1 is 0.882 bits per heavy atom. The minimum Gasteiger partial charge on any atom is -0.467 e. The third-order valence-corrected chi connectivity index (χ3v) is 1.66. The molecule has 0 amide bonds. The van der Waals surface area contributed by atoms with E-state index in [9.17, 15) is 9.59 Å². The van der Waals surface area contributed by atoms with Gasteiger partial charge in [0.05, 0.1) is 24.7 Å². The van der Waals surface area contributed by atoms with Crippen molar-refractivity contribution in [3.05, 3.63) is 24.7 Å². The first-order valence-electron chi connectivity index (χ1n) is 5.22. The van der Waals surface area contributed by atoms with Crippen LogP contribution in [0.5, 0.6) is 0 Å². The van der Waals surface area contributed by atoms with Crippen LogP contribution in [-0.2, 0) is 23.8 Å². The third-order valence-electron chi connectivity index (χ3n) is 1.66. The van der Waals surface area contributed by atoms with Crippen LogP contribution in [-0.4, -0.2) is 25.2 Å². The molecule has 0 saturated carbocycles. The highest BCUT2D eigenvalue weighted by atomic mass is 16.5. The molecule has 0 unspecified atom stereocenters. The van der Waals surface area contributed by atoms with Gasteiger partial charge in [-0.15, -0.1) is 0 Å². The maximum atomic E-state index is 10.5. The SMILES string of the molecule is C=C(CCOC(C)=O)OC(=C)CCOC(C)=O. The largest absolute Gasteiger partial charge is 0.467 e. The summed E-state index contributed by atoms with van der Waals surface area (Å²) in [6.07, 6.45) is 0.818. The van der Waals surface area contributed by atoms with Gasteiger partial charge in [-0.2, -0.15) is 0 Å². The normalized spacial score (nSPS) is 9.29. The van der Waals surface area contributed by atoms with Crippen molar-refractivity contribution < 1.29 is 23.8 Å². The van der Waals surface area contributed by atoms with Gasteiger partial charge >= 0.3 is 11.9 Å². The van der Waals surface area contributed by atoms with Gasteiger partial charge in [-0.05, 0) is 0 Å². The van der Waals surface area contributed by atoms with E-state index in [-0.39, 0.29) is 25.2 Å². The molecule has 17 heavy (non-hydrogen) atoms. The molecule has 0 heterocycles. The molecule has 0 radical (unpaired) electrons. The van der Waals surface area contributed by atoms with Gasteiger partial charge in [0.25, 0.3) is 0 Å². The number of carbonyl (C=O) groups excluding carboxylic acids is 2. The summed E-state index contributed by atoms with van der Waals surface area (Å²) in [7, 11) is 0. The van der Waals surface area contributed by atoms with Crippen molar-refractivity contribution in [3.63, 3.8) is 0 Å². The fourth-order valence-corrected chi connectivity index (χ4v) is 0.923. The van der Waals surface area contributed by atoms with Crippen LogP contribution in [0.2, 0.25) is 0 Å². The molecule has 0 atom stereocenters. The molecule has 0 saturated heterocycles. The fraction of sp³-hybridized carbons (Fsp3) is 0.500. The molecule has 96 valence electrons. The molecule has 0 aromatic carbocycles. The zero-order valence-electron chi connectivity index (χ0n) is 10.3. The first-order chi connectivity index (χ1) is 7.91. The van der Waals surface area contributed by atoms with Gasteiger partial charge in [0, 0.05) is 26.7 Å². The Morgan fingerprint density at radius 2 is 1.24 bits per heavy atom. The van der Waals surface area contributed by atoms with Crippen molar-refractivity contribution in [2.24, 2.45) is 0 Å². The lowest BCUT2D eigenvalue weighted by molar-refractivity contribution is -0.141. The number of ether oxygens (including phenoxy) is 3. The molecule has 5 nitrogen and oxygen atoms in total. The summed E-state index contributed by atoms with van der Waals surface area (Å²) >= 11 is 0. The van der Waals surface area contributed by atoms with E-state index in [1.54, 1.807) is 0 Å². The number of hydrogen-bond donors (Lipinski definition) is 0. The predicted molar refractivity (Wildman–Crippen MR) is 61.9 cm³/mol. The molecule has 0 aromatic rings. The lowest BCUT2D eigenvalue weighted by atomic mass is 10.3. The second-order valence-electron chi connectivity index (χ2n) is 3.36. The van der Waals surface area contributed by atoms with Gasteiger partial charge in [0.2, 0.25) is 0 Å². The Labute approximate surface area is 101 Å². The molecule has 0 aromatic heterocycles. The van der Waals surface area contributed by atoms with E-state index in [0.29, 0.717) is 24.4 Å². The van der Waals surface area contributed by atoms with E-state index in [0.717, 1.165) is 0 Å². The van der Waals surface area contributed by atoms with E-state index in [4.69, 9.17) is 14.2 Å². The summed E-state index contributed by atoms with van der Waals surface area (Å²) in [5.74, 6) is 0.233. The first kappa shape index (κ1) is 15.2. The fourth-order valence-electron chi connectivity index (χ4n) is 0.923. The maximum Gasteiger partial charge on any atom is 0.302 e. The van der Waals surface area contributed by atoms with Gasteiger partial charge in [0.15, 0.2) is 0 Å². The van der Waals surface area contributed by atoms with Crippen molar-refractivity contribution in [3.8, 4) is 0 Å². The Balaban J connectivity index is 3.62. The summed E-state index contributed by atoms with van der Waals surface area (Å²) in [5, 5.41) is 0. The van der Waals surface area contributed by atoms with E-state index in [2.05, 4.69) is 13.2 Å². The highest BCUT2D eigenvalue weighted by molar-refractivity contribution is 5.66. The van der Waals surface area contributed by atoms with Gasteiger partial charge in [0.1, 0.15) is 0 Å². The number of esters is 2. The molecular formula is C12H18O5. The highest BCUT2D eigenvalue weighted by Crippen LogP contribution is 2.10. The van der Waals surface area contributed by atoms with Crippen molar-refractivity contribution in [1.29, 1.82) is 0 Å². The minimum atomic E-state index is -0.341. The Bertz CT molecular complexity index is 276. The smallest absolute Gasteiger partial charge is 0.302 e. The van der Waals surface area contributed by atoms with E-state index in [1.165, 1.54) is 13.8 Å². The van der Waals surface area contributed by atoms with Gasteiger partial charge < -0.3 is 14.2 Å². The Kier molecular flexibility index (Phi) is 7.50. The molecule has 0 N–H and O–H groups in total. The topological polar surface area (TPSA) is 61.8 Å². The molecule has 0 rings (SSSR count). The zero-order valence-corrected chi connectivity index (χ0v) is 10.3. The van der Waals surface area contributed by atoms with Crippen LogP contribution in [0, 0.1) is 0 Å². The van der Waals surface area contributed by atoms with Crippen molar-refractivity contribution in [1.82, 2.24) is 0 Å². The highest BCUT2D eigenvalue weighted by Gasteiger charge is 2.02. The summed E-state index contributed by atoms with van der Waals surface area (Å²) in [4.78, 5) is 21.0. The lowest BCUT2D eigenvalue weighted by Gasteiger charge is -2.11. The number of carbonyl (C=O) groups is 2. The Morgan fingerprint density at radius 3 is 1.53 bits per heavy atom. The minimum absolute atomic E-state index is 0.228. The van der Waals surface area contributed by atoms with Crippen LogP contribution in [0.15, 0.2) is 24.7 Å². The monoisotopic (exact) mass is 242 g/mol. The molecule has 0 spiro atoms. The average molecular weight is 242 g/mol. The van der Waals surface area contributed by atoms with E-state index in [1.807, 2.05) is 0 Å². The van der Waals surface area contributed by atoms with Gasteiger partial charge in [-0.25, -0.2) is 0 Å². The molecule has 5 heteroatoms. The van der Waals surface area contributed by atoms with Crippen molar-refractivity contribution >= 4 is 11.9 Å².